The largest absolute Gasteiger partial charge is 0.389 e. The Kier molecular flexibility index (Phi) is 1.62. The number of aromatic nitrogens is 1. The predicted octanol–water partition coefficient (Wildman–Crippen LogP) is 2.22. The van der Waals surface area contributed by atoms with E-state index in [1.165, 1.54) is 0 Å². The molecule has 1 aromatic carbocycles. The molecule has 0 aliphatic carbocycles. The van der Waals surface area contributed by atoms with Crippen LogP contribution in [0.4, 0.5) is 0 Å². The molecule has 2 nitrogen and oxygen atoms in total. The molecule has 0 spiro atoms. The van der Waals surface area contributed by atoms with Crippen molar-refractivity contribution in [2.45, 2.75) is 13.0 Å². The molecular weight excluding hydrogens is 150 g/mol. The van der Waals surface area contributed by atoms with Gasteiger partial charge in [-0.25, -0.2) is 0 Å². The molecule has 1 atom stereocenters. The standard InChI is InChI=1S/C10H11NO/c1-7(12)8-3-2-4-10-9(8)5-6-11-10/h2-7,11-12H,1H3. The first-order valence-electron chi connectivity index (χ1n) is 4.03. The molecule has 1 heterocycles. The van der Waals surface area contributed by atoms with Gasteiger partial charge in [-0.05, 0) is 24.6 Å². The predicted molar refractivity (Wildman–Crippen MR) is 48.9 cm³/mol. The van der Waals surface area contributed by atoms with Crippen molar-refractivity contribution >= 4 is 10.9 Å². The van der Waals surface area contributed by atoms with E-state index in [0.717, 1.165) is 16.5 Å². The minimum absolute atomic E-state index is 0.399. The van der Waals surface area contributed by atoms with Gasteiger partial charge in [-0.2, -0.15) is 0 Å². The summed E-state index contributed by atoms with van der Waals surface area (Å²) in [5, 5.41) is 10.5. The number of fused-ring (bicyclic) bond motifs is 1. The minimum atomic E-state index is -0.399. The molecule has 62 valence electrons. The van der Waals surface area contributed by atoms with Gasteiger partial charge in [0.25, 0.3) is 0 Å². The highest BCUT2D eigenvalue weighted by molar-refractivity contribution is 5.83. The van der Waals surface area contributed by atoms with Gasteiger partial charge in [-0.1, -0.05) is 12.1 Å². The molecule has 1 aromatic heterocycles. The molecule has 2 heteroatoms. The van der Waals surface area contributed by atoms with Gasteiger partial charge in [0.15, 0.2) is 0 Å². The zero-order valence-electron chi connectivity index (χ0n) is 6.91. The summed E-state index contributed by atoms with van der Waals surface area (Å²) in [4.78, 5) is 3.10. The van der Waals surface area contributed by atoms with Crippen LogP contribution in [-0.4, -0.2) is 10.1 Å². The molecule has 0 saturated carbocycles. The van der Waals surface area contributed by atoms with Crippen molar-refractivity contribution in [3.8, 4) is 0 Å². The summed E-state index contributed by atoms with van der Waals surface area (Å²) < 4.78 is 0. The molecule has 0 aliphatic rings. The third-order valence-electron chi connectivity index (χ3n) is 2.08. The van der Waals surface area contributed by atoms with Gasteiger partial charge in [0.05, 0.1) is 6.10 Å². The molecule has 0 amide bonds. The second kappa shape index (κ2) is 2.64. The van der Waals surface area contributed by atoms with E-state index in [2.05, 4.69) is 4.98 Å². The molecule has 2 rings (SSSR count). The van der Waals surface area contributed by atoms with Gasteiger partial charge in [0, 0.05) is 17.1 Å². The van der Waals surface area contributed by atoms with E-state index >= 15 is 0 Å². The number of hydrogen-bond acceptors (Lipinski definition) is 1. The van der Waals surface area contributed by atoms with Gasteiger partial charge in [-0.3, -0.25) is 0 Å². The van der Waals surface area contributed by atoms with E-state index in [0.29, 0.717) is 0 Å². The van der Waals surface area contributed by atoms with Gasteiger partial charge in [0.1, 0.15) is 0 Å². The van der Waals surface area contributed by atoms with Crippen LogP contribution in [0.5, 0.6) is 0 Å². The van der Waals surface area contributed by atoms with Crippen molar-refractivity contribution in [1.29, 1.82) is 0 Å². The normalized spacial score (nSPS) is 13.5. The lowest BCUT2D eigenvalue weighted by Crippen LogP contribution is -1.90. The fourth-order valence-corrected chi connectivity index (χ4v) is 1.47. The second-order valence-electron chi connectivity index (χ2n) is 2.96. The Morgan fingerprint density at radius 2 is 2.17 bits per heavy atom. The topological polar surface area (TPSA) is 36.0 Å². The average Bonchev–Trinajstić information content (AvgIpc) is 2.49. The highest BCUT2D eigenvalue weighted by atomic mass is 16.3. The Morgan fingerprint density at radius 3 is 2.92 bits per heavy atom. The number of H-pyrrole nitrogens is 1. The molecule has 0 fully saturated rings. The minimum Gasteiger partial charge on any atom is -0.389 e. The molecule has 0 aliphatic heterocycles. The molecule has 2 aromatic rings. The second-order valence-corrected chi connectivity index (χ2v) is 2.96. The van der Waals surface area contributed by atoms with Crippen LogP contribution in [0.1, 0.15) is 18.6 Å². The number of hydrogen-bond donors (Lipinski definition) is 2. The first-order valence-corrected chi connectivity index (χ1v) is 4.03. The van der Waals surface area contributed by atoms with Crippen LogP contribution >= 0.6 is 0 Å². The molecule has 2 N–H and O–H groups in total. The fourth-order valence-electron chi connectivity index (χ4n) is 1.47. The highest BCUT2D eigenvalue weighted by Gasteiger charge is 2.05. The lowest BCUT2D eigenvalue weighted by atomic mass is 10.1. The number of aliphatic hydroxyl groups excluding tert-OH is 1. The lowest BCUT2D eigenvalue weighted by Gasteiger charge is -2.04. The smallest absolute Gasteiger partial charge is 0.0768 e. The zero-order chi connectivity index (χ0) is 8.55. The van der Waals surface area contributed by atoms with Crippen LogP contribution < -0.4 is 0 Å². The van der Waals surface area contributed by atoms with Crippen molar-refractivity contribution < 1.29 is 5.11 Å². The molecule has 0 saturated heterocycles. The van der Waals surface area contributed by atoms with E-state index in [1.54, 1.807) is 6.92 Å². The van der Waals surface area contributed by atoms with E-state index in [-0.39, 0.29) is 0 Å². The highest BCUT2D eigenvalue weighted by Crippen LogP contribution is 2.22. The maximum Gasteiger partial charge on any atom is 0.0768 e. The quantitative estimate of drug-likeness (QED) is 0.661. The van der Waals surface area contributed by atoms with Crippen LogP contribution in [-0.2, 0) is 0 Å². The van der Waals surface area contributed by atoms with Gasteiger partial charge in [-0.15, -0.1) is 0 Å². The van der Waals surface area contributed by atoms with Gasteiger partial charge in [0.2, 0.25) is 0 Å². The maximum atomic E-state index is 9.43. The summed E-state index contributed by atoms with van der Waals surface area (Å²) in [5.74, 6) is 0. The Bertz CT molecular complexity index is 389. The maximum absolute atomic E-state index is 9.43. The van der Waals surface area contributed by atoms with Gasteiger partial charge >= 0.3 is 0 Å². The van der Waals surface area contributed by atoms with E-state index in [4.69, 9.17) is 0 Å². The molecule has 0 bridgehead atoms. The van der Waals surface area contributed by atoms with Crippen LogP contribution in [0.2, 0.25) is 0 Å². The van der Waals surface area contributed by atoms with Crippen molar-refractivity contribution in [3.63, 3.8) is 0 Å². The van der Waals surface area contributed by atoms with Crippen LogP contribution in [0.25, 0.3) is 10.9 Å². The van der Waals surface area contributed by atoms with Crippen LogP contribution in [0, 0.1) is 0 Å². The first kappa shape index (κ1) is 7.37. The number of aromatic amines is 1. The van der Waals surface area contributed by atoms with Crippen LogP contribution in [0.3, 0.4) is 0 Å². The zero-order valence-corrected chi connectivity index (χ0v) is 6.91. The molecular formula is C10H11NO. The number of nitrogens with one attached hydrogen (secondary N) is 1. The third-order valence-corrected chi connectivity index (χ3v) is 2.08. The van der Waals surface area contributed by atoms with E-state index in [1.807, 2.05) is 30.5 Å². The third kappa shape index (κ3) is 1.01. The van der Waals surface area contributed by atoms with Gasteiger partial charge < -0.3 is 10.1 Å². The molecule has 1 unspecified atom stereocenters. The van der Waals surface area contributed by atoms with E-state index < -0.39 is 6.10 Å². The summed E-state index contributed by atoms with van der Waals surface area (Å²) in [6, 6.07) is 7.88. The summed E-state index contributed by atoms with van der Waals surface area (Å²) in [6.45, 7) is 1.78. The summed E-state index contributed by atoms with van der Waals surface area (Å²) >= 11 is 0. The Morgan fingerprint density at radius 1 is 1.33 bits per heavy atom. The first-order chi connectivity index (χ1) is 5.79. The van der Waals surface area contributed by atoms with Crippen molar-refractivity contribution in [1.82, 2.24) is 4.98 Å². The monoisotopic (exact) mass is 161 g/mol. The Hall–Kier alpha value is -1.28. The fraction of sp³-hybridized carbons (Fsp3) is 0.200. The summed E-state index contributed by atoms with van der Waals surface area (Å²) in [5.41, 5.74) is 2.06. The molecule has 12 heavy (non-hydrogen) atoms. The van der Waals surface area contributed by atoms with Crippen molar-refractivity contribution in [3.05, 3.63) is 36.0 Å². The Labute approximate surface area is 70.8 Å². The SMILES string of the molecule is CC(O)c1cccc2[nH]ccc12. The summed E-state index contributed by atoms with van der Waals surface area (Å²) in [6.07, 6.45) is 1.49. The molecule has 0 radical (unpaired) electrons. The number of rotatable bonds is 1. The van der Waals surface area contributed by atoms with Crippen molar-refractivity contribution in [2.24, 2.45) is 0 Å². The lowest BCUT2D eigenvalue weighted by molar-refractivity contribution is 0.201. The van der Waals surface area contributed by atoms with E-state index in [9.17, 15) is 5.11 Å². The summed E-state index contributed by atoms with van der Waals surface area (Å²) in [7, 11) is 0. The number of benzene rings is 1. The number of aliphatic hydroxyl groups is 1. The average molecular weight is 161 g/mol. The van der Waals surface area contributed by atoms with Crippen LogP contribution in [0.15, 0.2) is 30.5 Å². The Balaban J connectivity index is 2.73. The van der Waals surface area contributed by atoms with Crippen molar-refractivity contribution in [2.75, 3.05) is 0 Å².